The molecule has 0 aliphatic heterocycles. The lowest BCUT2D eigenvalue weighted by Gasteiger charge is -2.02. The van der Waals surface area contributed by atoms with Crippen molar-refractivity contribution in [3.8, 4) is 5.75 Å². The molecule has 0 unspecified atom stereocenters. The summed E-state index contributed by atoms with van der Waals surface area (Å²) in [5.41, 5.74) is 2.53. The molecule has 0 aromatic heterocycles. The Morgan fingerprint density at radius 1 is 1.30 bits per heavy atom. The third-order valence-electron chi connectivity index (χ3n) is 2.16. The van der Waals surface area contributed by atoms with E-state index in [0.29, 0.717) is 12.1 Å². The smallest absolute Gasteiger partial charge is 0.329 e. The second-order valence-corrected chi connectivity index (χ2v) is 4.60. The van der Waals surface area contributed by atoms with Crippen molar-refractivity contribution in [3.05, 3.63) is 27.7 Å². The van der Waals surface area contributed by atoms with Gasteiger partial charge >= 0.3 is 11.8 Å². The molecular formula is C12H13Cl2N3O3. The number of benzene rings is 1. The molecule has 0 radical (unpaired) electrons. The number of rotatable bonds is 4. The number of nitrogens with zero attached hydrogens (tertiary/aromatic N) is 1. The van der Waals surface area contributed by atoms with E-state index >= 15 is 0 Å². The van der Waals surface area contributed by atoms with Crippen LogP contribution in [0.1, 0.15) is 18.9 Å². The fraction of sp³-hybridized carbons (Fsp3) is 0.250. The van der Waals surface area contributed by atoms with Crippen molar-refractivity contribution in [2.45, 2.75) is 13.3 Å². The van der Waals surface area contributed by atoms with Crippen molar-refractivity contribution >= 4 is 41.2 Å². The zero-order valence-electron chi connectivity index (χ0n) is 10.6. The number of carbonyl (C=O) groups excluding carboxylic acids is 2. The van der Waals surface area contributed by atoms with Crippen LogP contribution in [0.2, 0.25) is 10.0 Å². The SMILES string of the molecule is CCCNC(=O)C(=O)N/N=C/c1cc(Cl)c(O)c(Cl)c1. The van der Waals surface area contributed by atoms with Crippen LogP contribution in [-0.4, -0.2) is 29.7 Å². The molecule has 0 saturated heterocycles. The molecule has 1 aromatic carbocycles. The molecule has 6 nitrogen and oxygen atoms in total. The number of carbonyl (C=O) groups is 2. The van der Waals surface area contributed by atoms with Gasteiger partial charge in [0.25, 0.3) is 0 Å². The van der Waals surface area contributed by atoms with Crippen molar-refractivity contribution in [1.82, 2.24) is 10.7 Å². The Morgan fingerprint density at radius 3 is 2.45 bits per heavy atom. The van der Waals surface area contributed by atoms with Crippen LogP contribution in [0.25, 0.3) is 0 Å². The summed E-state index contributed by atoms with van der Waals surface area (Å²) in [6.07, 6.45) is 1.98. The zero-order valence-corrected chi connectivity index (χ0v) is 12.1. The van der Waals surface area contributed by atoms with Crippen LogP contribution in [0.3, 0.4) is 0 Å². The highest BCUT2D eigenvalue weighted by Crippen LogP contribution is 2.32. The van der Waals surface area contributed by atoms with Gasteiger partial charge in [0.2, 0.25) is 0 Å². The topological polar surface area (TPSA) is 90.8 Å². The number of amides is 2. The monoisotopic (exact) mass is 317 g/mol. The Bertz CT molecular complexity index is 524. The van der Waals surface area contributed by atoms with E-state index in [0.717, 1.165) is 6.42 Å². The van der Waals surface area contributed by atoms with Gasteiger partial charge in [-0.05, 0) is 24.1 Å². The number of halogens is 2. The van der Waals surface area contributed by atoms with Crippen LogP contribution < -0.4 is 10.7 Å². The Kier molecular flexibility index (Phi) is 6.27. The summed E-state index contributed by atoms with van der Waals surface area (Å²) in [5, 5.41) is 15.5. The fourth-order valence-electron chi connectivity index (χ4n) is 1.19. The Hall–Kier alpha value is -1.79. The minimum atomic E-state index is -0.870. The predicted octanol–water partition coefficient (Wildman–Crippen LogP) is 1.68. The van der Waals surface area contributed by atoms with Crippen molar-refractivity contribution < 1.29 is 14.7 Å². The van der Waals surface area contributed by atoms with E-state index in [1.807, 2.05) is 6.92 Å². The van der Waals surface area contributed by atoms with E-state index in [9.17, 15) is 14.7 Å². The van der Waals surface area contributed by atoms with E-state index in [1.165, 1.54) is 18.3 Å². The van der Waals surface area contributed by atoms with Gasteiger partial charge in [-0.3, -0.25) is 9.59 Å². The van der Waals surface area contributed by atoms with Crippen molar-refractivity contribution in [2.24, 2.45) is 5.10 Å². The molecule has 0 aliphatic rings. The number of hydrazone groups is 1. The predicted molar refractivity (Wildman–Crippen MR) is 77.2 cm³/mol. The second-order valence-electron chi connectivity index (χ2n) is 3.79. The molecule has 0 fully saturated rings. The highest BCUT2D eigenvalue weighted by Gasteiger charge is 2.11. The summed E-state index contributed by atoms with van der Waals surface area (Å²) in [5.74, 6) is -1.86. The summed E-state index contributed by atoms with van der Waals surface area (Å²) in [4.78, 5) is 22.5. The number of phenolic OH excluding ortho intramolecular Hbond substituents is 1. The van der Waals surface area contributed by atoms with Gasteiger partial charge in [0, 0.05) is 6.54 Å². The minimum Gasteiger partial charge on any atom is -0.505 e. The van der Waals surface area contributed by atoms with Gasteiger partial charge in [-0.25, -0.2) is 5.43 Å². The Balaban J connectivity index is 2.61. The maximum atomic E-state index is 11.3. The molecule has 108 valence electrons. The Morgan fingerprint density at radius 2 is 1.90 bits per heavy atom. The van der Waals surface area contributed by atoms with Crippen LogP contribution in [-0.2, 0) is 9.59 Å². The maximum absolute atomic E-state index is 11.3. The molecule has 0 spiro atoms. The standard InChI is InChI=1S/C12H13Cl2N3O3/c1-2-3-15-11(19)12(20)17-16-6-7-4-8(13)10(18)9(14)5-7/h4-6,18H,2-3H2,1H3,(H,15,19)(H,17,20)/b16-6+. The van der Waals surface area contributed by atoms with Crippen LogP contribution in [0, 0.1) is 0 Å². The molecule has 8 heteroatoms. The van der Waals surface area contributed by atoms with Crippen LogP contribution in [0.15, 0.2) is 17.2 Å². The van der Waals surface area contributed by atoms with Crippen molar-refractivity contribution in [2.75, 3.05) is 6.54 Å². The summed E-state index contributed by atoms with van der Waals surface area (Å²) in [6.45, 7) is 2.29. The van der Waals surface area contributed by atoms with Crippen LogP contribution in [0.4, 0.5) is 0 Å². The lowest BCUT2D eigenvalue weighted by atomic mass is 10.2. The third-order valence-corrected chi connectivity index (χ3v) is 2.74. The van der Waals surface area contributed by atoms with E-state index in [2.05, 4.69) is 15.8 Å². The number of nitrogens with one attached hydrogen (secondary N) is 2. The largest absolute Gasteiger partial charge is 0.505 e. The average Bonchev–Trinajstić information content (AvgIpc) is 2.41. The van der Waals surface area contributed by atoms with Gasteiger partial charge in [0.05, 0.1) is 16.3 Å². The van der Waals surface area contributed by atoms with Crippen molar-refractivity contribution in [3.63, 3.8) is 0 Å². The molecule has 0 aliphatic carbocycles. The minimum absolute atomic E-state index is 0.0611. The summed E-state index contributed by atoms with van der Waals surface area (Å²) in [7, 11) is 0. The van der Waals surface area contributed by atoms with Gasteiger partial charge in [-0.15, -0.1) is 0 Å². The molecule has 0 bridgehead atoms. The van der Waals surface area contributed by atoms with Gasteiger partial charge in [0.1, 0.15) is 0 Å². The number of hydrogen-bond acceptors (Lipinski definition) is 4. The third kappa shape index (κ3) is 4.71. The number of aromatic hydroxyl groups is 1. The van der Waals surface area contributed by atoms with E-state index in [4.69, 9.17) is 23.2 Å². The normalized spacial score (nSPS) is 10.6. The molecule has 0 heterocycles. The fourth-order valence-corrected chi connectivity index (χ4v) is 1.70. The van der Waals surface area contributed by atoms with E-state index < -0.39 is 11.8 Å². The summed E-state index contributed by atoms with van der Waals surface area (Å²) < 4.78 is 0. The molecule has 0 saturated carbocycles. The first-order valence-corrected chi connectivity index (χ1v) is 6.50. The highest BCUT2D eigenvalue weighted by molar-refractivity contribution is 6.37. The second kappa shape index (κ2) is 7.72. The molecule has 2 amide bonds. The first kappa shape index (κ1) is 16.3. The summed E-state index contributed by atoms with van der Waals surface area (Å²) in [6, 6.07) is 2.82. The van der Waals surface area contributed by atoms with Gasteiger partial charge in [-0.1, -0.05) is 30.1 Å². The molecule has 0 atom stereocenters. The van der Waals surface area contributed by atoms with Gasteiger partial charge in [0.15, 0.2) is 5.75 Å². The van der Waals surface area contributed by atoms with E-state index in [-0.39, 0.29) is 15.8 Å². The lowest BCUT2D eigenvalue weighted by Crippen LogP contribution is -2.38. The molecule has 20 heavy (non-hydrogen) atoms. The number of hydrogen-bond donors (Lipinski definition) is 3. The number of phenols is 1. The van der Waals surface area contributed by atoms with Gasteiger partial charge < -0.3 is 10.4 Å². The van der Waals surface area contributed by atoms with E-state index in [1.54, 1.807) is 0 Å². The molecular weight excluding hydrogens is 305 g/mol. The molecule has 1 rings (SSSR count). The summed E-state index contributed by atoms with van der Waals surface area (Å²) >= 11 is 11.4. The van der Waals surface area contributed by atoms with Crippen molar-refractivity contribution in [1.29, 1.82) is 0 Å². The average molecular weight is 318 g/mol. The highest BCUT2D eigenvalue weighted by atomic mass is 35.5. The Labute approximate surface area is 125 Å². The first-order valence-electron chi connectivity index (χ1n) is 5.75. The molecule has 3 N–H and O–H groups in total. The van der Waals surface area contributed by atoms with Crippen LogP contribution in [0.5, 0.6) is 5.75 Å². The van der Waals surface area contributed by atoms with Crippen LogP contribution >= 0.6 is 23.2 Å². The quantitative estimate of drug-likeness (QED) is 0.448. The zero-order chi connectivity index (χ0) is 15.1. The molecule has 1 aromatic rings. The lowest BCUT2D eigenvalue weighted by molar-refractivity contribution is -0.139. The first-order chi connectivity index (χ1) is 9.45. The maximum Gasteiger partial charge on any atom is 0.329 e. The van der Waals surface area contributed by atoms with Gasteiger partial charge in [-0.2, -0.15) is 5.10 Å².